The van der Waals surface area contributed by atoms with Crippen molar-refractivity contribution in [2.75, 3.05) is 43.4 Å². The predicted octanol–water partition coefficient (Wildman–Crippen LogP) is 3.54. The quantitative estimate of drug-likeness (QED) is 0.614. The van der Waals surface area contributed by atoms with E-state index in [-0.39, 0.29) is 11.8 Å². The lowest BCUT2D eigenvalue weighted by molar-refractivity contribution is 0.0949. The highest BCUT2D eigenvalue weighted by molar-refractivity contribution is 7.99. The number of piperazine rings is 1. The van der Waals surface area contributed by atoms with Crippen molar-refractivity contribution in [2.24, 2.45) is 0 Å². The summed E-state index contributed by atoms with van der Waals surface area (Å²) >= 11 is 3.14. The number of amides is 2. The van der Waals surface area contributed by atoms with Crippen molar-refractivity contribution >= 4 is 45.7 Å². The van der Waals surface area contributed by atoms with E-state index in [0.29, 0.717) is 23.4 Å². The molecule has 2 amide bonds. The number of benzene rings is 2. The van der Waals surface area contributed by atoms with Crippen LogP contribution in [0.1, 0.15) is 25.6 Å². The van der Waals surface area contributed by atoms with Gasteiger partial charge in [0.05, 0.1) is 17.8 Å². The summed E-state index contributed by atoms with van der Waals surface area (Å²) in [5.41, 5.74) is 1.81. The first-order valence-electron chi connectivity index (χ1n) is 10.5. The second kappa shape index (κ2) is 8.93. The summed E-state index contributed by atoms with van der Waals surface area (Å²) in [5.74, 6) is -0.339. The van der Waals surface area contributed by atoms with Crippen LogP contribution in [0, 0.1) is 0 Å². The monoisotopic (exact) mass is 465 g/mol. The first-order valence-corrected chi connectivity index (χ1v) is 12.1. The molecule has 7 nitrogen and oxygen atoms in total. The van der Waals surface area contributed by atoms with Crippen molar-refractivity contribution in [1.29, 1.82) is 0 Å². The van der Waals surface area contributed by atoms with Gasteiger partial charge in [-0.2, -0.15) is 0 Å². The van der Waals surface area contributed by atoms with Crippen molar-refractivity contribution in [1.82, 2.24) is 15.2 Å². The number of hydrogen-bond donors (Lipinski definition) is 2. The minimum Gasteiger partial charge on any atom is -0.347 e. The highest BCUT2D eigenvalue weighted by Gasteiger charge is 2.21. The van der Waals surface area contributed by atoms with Crippen LogP contribution in [0.2, 0.25) is 0 Å². The van der Waals surface area contributed by atoms with Crippen molar-refractivity contribution in [3.63, 3.8) is 0 Å². The highest BCUT2D eigenvalue weighted by atomic mass is 32.2. The lowest BCUT2D eigenvalue weighted by atomic mass is 10.1. The number of carbonyl (C=O) groups is 2. The molecule has 0 bridgehead atoms. The van der Waals surface area contributed by atoms with E-state index in [1.165, 1.54) is 11.8 Å². The molecule has 1 saturated heterocycles. The van der Waals surface area contributed by atoms with Crippen LogP contribution in [0.15, 0.2) is 58.5 Å². The fraction of sp³-hybridized carbons (Fsp3) is 0.261. The number of rotatable bonds is 4. The largest absolute Gasteiger partial charge is 0.347 e. The van der Waals surface area contributed by atoms with Crippen LogP contribution >= 0.6 is 23.1 Å². The second-order valence-electron chi connectivity index (χ2n) is 7.85. The highest BCUT2D eigenvalue weighted by Crippen LogP contribution is 2.39. The van der Waals surface area contributed by atoms with Crippen LogP contribution in [0.5, 0.6) is 0 Å². The molecule has 0 aliphatic carbocycles. The Morgan fingerprint density at radius 1 is 1.12 bits per heavy atom. The Morgan fingerprint density at radius 3 is 2.78 bits per heavy atom. The molecule has 0 atom stereocenters. The molecule has 0 radical (unpaired) electrons. The molecule has 0 saturated carbocycles. The van der Waals surface area contributed by atoms with Gasteiger partial charge in [-0.25, -0.2) is 4.98 Å². The Morgan fingerprint density at radius 2 is 1.94 bits per heavy atom. The zero-order valence-electron chi connectivity index (χ0n) is 17.6. The van der Waals surface area contributed by atoms with Crippen molar-refractivity contribution < 1.29 is 9.59 Å². The summed E-state index contributed by atoms with van der Waals surface area (Å²) in [6.07, 6.45) is 1.84. The predicted molar refractivity (Wildman–Crippen MR) is 128 cm³/mol. The van der Waals surface area contributed by atoms with Gasteiger partial charge in [0.15, 0.2) is 5.13 Å². The van der Waals surface area contributed by atoms with Gasteiger partial charge in [0, 0.05) is 52.6 Å². The molecule has 1 aromatic heterocycles. The third-order valence-electron chi connectivity index (χ3n) is 5.58. The standard InChI is InChI=1S/C23H23N5O2S2/c1-27-8-10-28(11-9-27)23-25-14-16(31-23)13-24-21(29)15-6-7-20-18(12-15)26-22(30)17-4-2-3-5-19(17)32-20/h2-7,12,14H,8-11,13H2,1H3,(H,24,29)(H,26,30). The number of fused-ring (bicyclic) bond motifs is 2. The number of thiazole rings is 1. The van der Waals surface area contributed by atoms with E-state index in [9.17, 15) is 9.59 Å². The molecular formula is C23H23N5O2S2. The molecule has 3 heterocycles. The molecule has 2 aliphatic rings. The van der Waals surface area contributed by atoms with E-state index in [2.05, 4.69) is 32.5 Å². The van der Waals surface area contributed by atoms with Gasteiger partial charge >= 0.3 is 0 Å². The zero-order chi connectivity index (χ0) is 22.1. The smallest absolute Gasteiger partial charge is 0.256 e. The van der Waals surface area contributed by atoms with Crippen LogP contribution in [0.4, 0.5) is 10.8 Å². The van der Waals surface area contributed by atoms with Crippen LogP contribution in [0.25, 0.3) is 0 Å². The number of hydrogen-bond acceptors (Lipinski definition) is 7. The van der Waals surface area contributed by atoms with Crippen molar-refractivity contribution in [2.45, 2.75) is 16.3 Å². The summed E-state index contributed by atoms with van der Waals surface area (Å²) < 4.78 is 0. The van der Waals surface area contributed by atoms with Gasteiger partial charge in [0.2, 0.25) is 0 Å². The van der Waals surface area contributed by atoms with Gasteiger partial charge in [-0.3, -0.25) is 9.59 Å². The minimum atomic E-state index is -0.177. The lowest BCUT2D eigenvalue weighted by Gasteiger charge is -2.32. The number of nitrogens with zero attached hydrogens (tertiary/aromatic N) is 3. The maximum atomic E-state index is 12.8. The van der Waals surface area contributed by atoms with Gasteiger partial charge < -0.3 is 20.4 Å². The number of aromatic nitrogens is 1. The van der Waals surface area contributed by atoms with Gasteiger partial charge in [0.25, 0.3) is 11.8 Å². The van der Waals surface area contributed by atoms with Crippen molar-refractivity contribution in [3.8, 4) is 0 Å². The Hall–Kier alpha value is -2.88. The molecule has 2 aromatic carbocycles. The third-order valence-corrected chi connectivity index (χ3v) is 7.79. The summed E-state index contributed by atoms with van der Waals surface area (Å²) in [4.78, 5) is 37.3. The topological polar surface area (TPSA) is 77.6 Å². The molecule has 164 valence electrons. The number of anilines is 2. The van der Waals surface area contributed by atoms with E-state index in [1.807, 2.05) is 36.5 Å². The SMILES string of the molecule is CN1CCN(c2ncc(CNC(=O)c3ccc4c(c3)NC(=O)c3ccccc3S4)s2)CC1. The molecule has 9 heteroatoms. The van der Waals surface area contributed by atoms with Crippen LogP contribution in [-0.2, 0) is 6.54 Å². The Balaban J connectivity index is 1.24. The molecule has 32 heavy (non-hydrogen) atoms. The Kier molecular flexibility index (Phi) is 5.86. The zero-order valence-corrected chi connectivity index (χ0v) is 19.3. The van der Waals surface area contributed by atoms with Crippen LogP contribution in [-0.4, -0.2) is 54.9 Å². The van der Waals surface area contributed by atoms with Gasteiger partial charge in [-0.15, -0.1) is 11.3 Å². The average molecular weight is 466 g/mol. The molecule has 0 spiro atoms. The minimum absolute atomic E-state index is 0.162. The van der Waals surface area contributed by atoms with E-state index in [0.717, 1.165) is 46.0 Å². The average Bonchev–Trinajstić information content (AvgIpc) is 3.23. The van der Waals surface area contributed by atoms with Crippen LogP contribution < -0.4 is 15.5 Å². The molecule has 5 rings (SSSR count). The molecule has 3 aromatic rings. The number of carbonyl (C=O) groups excluding carboxylic acids is 2. The molecule has 2 aliphatic heterocycles. The number of likely N-dealkylation sites (N-methyl/N-ethyl adjacent to an activating group) is 1. The lowest BCUT2D eigenvalue weighted by Crippen LogP contribution is -2.44. The molecular weight excluding hydrogens is 442 g/mol. The summed E-state index contributed by atoms with van der Waals surface area (Å²) in [7, 11) is 2.13. The number of nitrogens with one attached hydrogen (secondary N) is 2. The molecule has 2 N–H and O–H groups in total. The van der Waals surface area contributed by atoms with E-state index in [1.54, 1.807) is 23.5 Å². The fourth-order valence-corrected chi connectivity index (χ4v) is 5.61. The Labute approximate surface area is 194 Å². The van der Waals surface area contributed by atoms with Crippen LogP contribution in [0.3, 0.4) is 0 Å². The van der Waals surface area contributed by atoms with E-state index >= 15 is 0 Å². The normalized spacial score (nSPS) is 16.0. The summed E-state index contributed by atoms with van der Waals surface area (Å²) in [6.45, 7) is 4.43. The van der Waals surface area contributed by atoms with Gasteiger partial charge in [-0.1, -0.05) is 23.9 Å². The molecule has 0 unspecified atom stereocenters. The summed E-state index contributed by atoms with van der Waals surface area (Å²) in [6, 6.07) is 12.9. The third kappa shape index (κ3) is 4.36. The van der Waals surface area contributed by atoms with Gasteiger partial charge in [0.1, 0.15) is 0 Å². The van der Waals surface area contributed by atoms with Crippen molar-refractivity contribution in [3.05, 3.63) is 64.7 Å². The first-order chi connectivity index (χ1) is 15.6. The van der Waals surface area contributed by atoms with E-state index in [4.69, 9.17) is 0 Å². The van der Waals surface area contributed by atoms with Gasteiger partial charge in [-0.05, 0) is 37.4 Å². The summed E-state index contributed by atoms with van der Waals surface area (Å²) in [5, 5.41) is 6.91. The molecule has 1 fully saturated rings. The maximum Gasteiger partial charge on any atom is 0.256 e. The second-order valence-corrected chi connectivity index (χ2v) is 10.0. The first kappa shape index (κ1) is 21.0. The maximum absolute atomic E-state index is 12.8. The Bertz CT molecular complexity index is 1170. The van der Waals surface area contributed by atoms with E-state index < -0.39 is 0 Å². The fourth-order valence-electron chi connectivity index (χ4n) is 3.70.